The number of rotatable bonds is 7. The highest BCUT2D eigenvalue weighted by Gasteiger charge is 2.40. The lowest BCUT2D eigenvalue weighted by atomic mass is 9.72. The van der Waals surface area contributed by atoms with Gasteiger partial charge in [-0.3, -0.25) is 5.10 Å². The van der Waals surface area contributed by atoms with Crippen LogP contribution in [-0.2, 0) is 11.8 Å². The largest absolute Gasteiger partial charge is 0.309 e. The van der Waals surface area contributed by atoms with Crippen molar-refractivity contribution in [3.8, 4) is 22.8 Å². The second-order valence-corrected chi connectivity index (χ2v) is 10.5. The molecule has 1 aliphatic rings. The molecule has 0 saturated heterocycles. The van der Waals surface area contributed by atoms with Crippen molar-refractivity contribution in [1.29, 1.82) is 0 Å². The molecular formula is C28H28FIN4. The average molecular weight is 566 g/mol. The van der Waals surface area contributed by atoms with Gasteiger partial charge in [-0.25, -0.2) is 9.37 Å². The Morgan fingerprint density at radius 2 is 1.85 bits per heavy atom. The molecule has 1 N–H and O–H groups in total. The summed E-state index contributed by atoms with van der Waals surface area (Å²) in [4.78, 5) is 7.02. The fourth-order valence-corrected chi connectivity index (χ4v) is 5.87. The lowest BCUT2D eigenvalue weighted by Crippen LogP contribution is -2.26. The van der Waals surface area contributed by atoms with Crippen LogP contribution >= 0.6 is 22.6 Å². The maximum Gasteiger partial charge on any atom is 0.181 e. The summed E-state index contributed by atoms with van der Waals surface area (Å²) in [5.74, 6) is 1.31. The van der Waals surface area contributed by atoms with Crippen LogP contribution in [0.3, 0.4) is 0 Å². The predicted octanol–water partition coefficient (Wildman–Crippen LogP) is 6.46. The predicted molar refractivity (Wildman–Crippen MR) is 143 cm³/mol. The van der Waals surface area contributed by atoms with Gasteiger partial charge in [0, 0.05) is 20.1 Å². The molecule has 1 aromatic heterocycles. The summed E-state index contributed by atoms with van der Waals surface area (Å²) in [5.41, 5.74) is 5.90. The first-order valence-corrected chi connectivity index (χ1v) is 12.8. The normalized spacial score (nSPS) is 17.3. The van der Waals surface area contributed by atoms with Gasteiger partial charge < -0.3 is 4.90 Å². The molecule has 0 radical (unpaired) electrons. The number of hydrogen-bond donors (Lipinski definition) is 1. The molecule has 0 bridgehead atoms. The fraction of sp³-hybridized carbons (Fsp3) is 0.286. The molecule has 4 aromatic rings. The first-order chi connectivity index (χ1) is 16.5. The zero-order chi connectivity index (χ0) is 23.7. The molecule has 5 rings (SSSR count). The lowest BCUT2D eigenvalue weighted by Gasteiger charge is -2.32. The molecule has 0 aliphatic heterocycles. The molecule has 4 nitrogen and oxygen atoms in total. The molecule has 1 aliphatic carbocycles. The Morgan fingerprint density at radius 1 is 1.06 bits per heavy atom. The molecule has 0 amide bonds. The van der Waals surface area contributed by atoms with Crippen molar-refractivity contribution in [2.24, 2.45) is 0 Å². The van der Waals surface area contributed by atoms with Crippen molar-refractivity contribution in [1.82, 2.24) is 20.1 Å². The summed E-state index contributed by atoms with van der Waals surface area (Å²) in [7, 11) is 4.22. The van der Waals surface area contributed by atoms with Crippen molar-refractivity contribution in [2.45, 2.75) is 31.1 Å². The van der Waals surface area contributed by atoms with Gasteiger partial charge in [0.25, 0.3) is 0 Å². The first kappa shape index (κ1) is 23.2. The molecule has 6 heteroatoms. The summed E-state index contributed by atoms with van der Waals surface area (Å²) < 4.78 is 14.9. The Balaban J connectivity index is 1.49. The molecule has 174 valence electrons. The van der Waals surface area contributed by atoms with E-state index >= 15 is 0 Å². The Labute approximate surface area is 213 Å². The quantitative estimate of drug-likeness (QED) is 0.262. The third kappa shape index (κ3) is 4.41. The smallest absolute Gasteiger partial charge is 0.181 e. The van der Waals surface area contributed by atoms with Crippen LogP contribution in [0, 0.1) is 9.39 Å². The van der Waals surface area contributed by atoms with Gasteiger partial charge in [-0.05, 0) is 110 Å². The van der Waals surface area contributed by atoms with Crippen LogP contribution in [0.2, 0.25) is 0 Å². The van der Waals surface area contributed by atoms with Crippen LogP contribution in [0.5, 0.6) is 0 Å². The molecule has 0 saturated carbocycles. The zero-order valence-corrected chi connectivity index (χ0v) is 21.6. The Kier molecular flexibility index (Phi) is 6.53. The molecular weight excluding hydrogens is 538 g/mol. The first-order valence-electron chi connectivity index (χ1n) is 11.7. The third-order valence-electron chi connectivity index (χ3n) is 6.92. The van der Waals surface area contributed by atoms with E-state index in [0.29, 0.717) is 5.82 Å². The van der Waals surface area contributed by atoms with Gasteiger partial charge in [0.2, 0.25) is 0 Å². The van der Waals surface area contributed by atoms with Crippen LogP contribution in [0.25, 0.3) is 22.8 Å². The van der Waals surface area contributed by atoms with Crippen molar-refractivity contribution in [2.75, 3.05) is 20.6 Å². The van der Waals surface area contributed by atoms with Gasteiger partial charge >= 0.3 is 0 Å². The Bertz CT molecular complexity index is 1300. The number of hydrogen-bond acceptors (Lipinski definition) is 3. The van der Waals surface area contributed by atoms with Crippen LogP contribution in [0.1, 0.15) is 36.0 Å². The number of aromatic nitrogens is 3. The third-order valence-corrected chi connectivity index (χ3v) is 7.86. The van der Waals surface area contributed by atoms with Gasteiger partial charge in [-0.1, -0.05) is 42.5 Å². The van der Waals surface area contributed by atoms with Crippen LogP contribution in [-0.4, -0.2) is 40.7 Å². The average Bonchev–Trinajstić information content (AvgIpc) is 3.46. The number of benzene rings is 3. The molecule has 34 heavy (non-hydrogen) atoms. The Hall–Kier alpha value is -2.58. The molecule has 0 fully saturated rings. The van der Waals surface area contributed by atoms with Crippen LogP contribution in [0.15, 0.2) is 66.7 Å². The van der Waals surface area contributed by atoms with E-state index in [1.54, 1.807) is 12.1 Å². The van der Waals surface area contributed by atoms with Gasteiger partial charge in [0.05, 0.1) is 0 Å². The van der Waals surface area contributed by atoms with E-state index in [0.717, 1.165) is 52.7 Å². The number of H-pyrrole nitrogens is 1. The standard InChI is InChI=1S/C28H28FIN4/c1-34(2)17-5-15-28(21-9-11-22(29)12-10-21)16-14-19-18-20(8-13-24(19)28)26-31-27(33-32-26)23-6-3-4-7-25(23)30/h3-4,6-13,18H,5,14-17H2,1-2H3,(H,31,32,33). The highest BCUT2D eigenvalue weighted by Crippen LogP contribution is 2.48. The van der Waals surface area contributed by atoms with Crippen molar-refractivity contribution >= 4 is 22.6 Å². The fourth-order valence-electron chi connectivity index (χ4n) is 5.22. The summed E-state index contributed by atoms with van der Waals surface area (Å²) in [6.45, 7) is 1.04. The van der Waals surface area contributed by atoms with E-state index in [-0.39, 0.29) is 11.2 Å². The molecule has 1 unspecified atom stereocenters. The van der Waals surface area contributed by atoms with E-state index in [1.165, 1.54) is 16.7 Å². The topological polar surface area (TPSA) is 44.8 Å². The van der Waals surface area contributed by atoms with Gasteiger partial charge in [-0.15, -0.1) is 0 Å². The minimum atomic E-state index is -0.186. The van der Waals surface area contributed by atoms with E-state index in [9.17, 15) is 4.39 Å². The van der Waals surface area contributed by atoms with Crippen molar-refractivity contribution in [3.05, 3.63) is 92.8 Å². The zero-order valence-electron chi connectivity index (χ0n) is 19.5. The van der Waals surface area contributed by atoms with E-state index < -0.39 is 0 Å². The van der Waals surface area contributed by atoms with Crippen molar-refractivity contribution < 1.29 is 4.39 Å². The highest BCUT2D eigenvalue weighted by atomic mass is 127. The SMILES string of the molecule is CN(C)CCCC1(c2ccc(F)cc2)CCc2cc(-c3n[nH]c(-c4ccccc4I)n3)ccc21. The number of nitrogens with one attached hydrogen (secondary N) is 1. The minimum absolute atomic E-state index is 0.0815. The number of nitrogens with zero attached hydrogens (tertiary/aromatic N) is 3. The lowest BCUT2D eigenvalue weighted by molar-refractivity contribution is 0.359. The highest BCUT2D eigenvalue weighted by molar-refractivity contribution is 14.1. The summed E-state index contributed by atoms with van der Waals surface area (Å²) in [6, 6.07) is 21.9. The van der Waals surface area contributed by atoms with E-state index in [2.05, 4.69) is 82.1 Å². The number of fused-ring (bicyclic) bond motifs is 1. The minimum Gasteiger partial charge on any atom is -0.309 e. The van der Waals surface area contributed by atoms with Crippen LogP contribution < -0.4 is 0 Å². The molecule has 1 heterocycles. The van der Waals surface area contributed by atoms with Gasteiger partial charge in [-0.2, -0.15) is 5.10 Å². The van der Waals surface area contributed by atoms with Crippen molar-refractivity contribution in [3.63, 3.8) is 0 Å². The monoisotopic (exact) mass is 566 g/mol. The summed E-state index contributed by atoms with van der Waals surface area (Å²) in [5, 5.41) is 7.62. The summed E-state index contributed by atoms with van der Waals surface area (Å²) >= 11 is 2.32. The van der Waals surface area contributed by atoms with E-state index in [4.69, 9.17) is 4.98 Å². The van der Waals surface area contributed by atoms with Gasteiger partial charge in [0.15, 0.2) is 11.6 Å². The van der Waals surface area contributed by atoms with E-state index in [1.807, 2.05) is 24.3 Å². The second kappa shape index (κ2) is 9.58. The molecule has 1 atom stereocenters. The molecule has 0 spiro atoms. The Morgan fingerprint density at radius 3 is 2.62 bits per heavy atom. The second-order valence-electron chi connectivity index (χ2n) is 9.36. The number of halogens is 2. The maximum absolute atomic E-state index is 13.7. The van der Waals surface area contributed by atoms with Crippen LogP contribution in [0.4, 0.5) is 4.39 Å². The summed E-state index contributed by atoms with van der Waals surface area (Å²) in [6.07, 6.45) is 4.16. The number of aromatic amines is 1. The number of aryl methyl sites for hydroxylation is 1. The molecule has 3 aromatic carbocycles. The maximum atomic E-state index is 13.7. The van der Waals surface area contributed by atoms with Gasteiger partial charge in [0.1, 0.15) is 5.82 Å².